The van der Waals surface area contributed by atoms with Crippen LogP contribution in [0.5, 0.6) is 0 Å². The molecule has 0 saturated heterocycles. The lowest BCUT2D eigenvalue weighted by atomic mass is 10.3. The van der Waals surface area contributed by atoms with Crippen LogP contribution in [0.25, 0.3) is 11.2 Å². The number of thiophene rings is 1. The number of nitrogen functional groups attached to an aromatic ring is 1. The molecule has 92 valence electrons. The van der Waals surface area contributed by atoms with Crippen molar-refractivity contribution in [2.45, 2.75) is 13.5 Å². The maximum absolute atomic E-state index is 5.96. The van der Waals surface area contributed by atoms with Gasteiger partial charge in [-0.25, -0.2) is 9.97 Å². The molecule has 3 aromatic heterocycles. The summed E-state index contributed by atoms with van der Waals surface area (Å²) in [7, 11) is 0. The Kier molecular flexibility index (Phi) is 2.83. The first kappa shape index (κ1) is 11.7. The molecule has 4 nitrogen and oxygen atoms in total. The fraction of sp³-hybridized carbons (Fsp3) is 0.167. The Morgan fingerprint density at radius 3 is 2.94 bits per heavy atom. The average Bonchev–Trinajstić information content (AvgIpc) is 2.86. The highest BCUT2D eigenvalue weighted by atomic mass is 79.9. The lowest BCUT2D eigenvalue weighted by Crippen LogP contribution is -2.04. The molecule has 0 aliphatic carbocycles. The van der Waals surface area contributed by atoms with Crippen molar-refractivity contribution in [3.63, 3.8) is 0 Å². The number of aryl methyl sites for hydroxylation is 1. The number of hydrogen-bond donors (Lipinski definition) is 1. The van der Waals surface area contributed by atoms with Gasteiger partial charge in [0.25, 0.3) is 0 Å². The van der Waals surface area contributed by atoms with Crippen LogP contribution < -0.4 is 5.73 Å². The van der Waals surface area contributed by atoms with Crippen LogP contribution in [0.15, 0.2) is 28.1 Å². The number of rotatable bonds is 2. The normalized spacial score (nSPS) is 11.2. The number of halogens is 1. The summed E-state index contributed by atoms with van der Waals surface area (Å²) in [6.07, 6.45) is 0. The molecule has 0 saturated carbocycles. The van der Waals surface area contributed by atoms with Crippen molar-refractivity contribution in [3.05, 3.63) is 38.6 Å². The van der Waals surface area contributed by atoms with E-state index in [2.05, 4.69) is 37.3 Å². The zero-order valence-corrected chi connectivity index (χ0v) is 12.1. The molecule has 0 aliphatic heterocycles. The summed E-state index contributed by atoms with van der Waals surface area (Å²) in [5, 5.41) is 2.06. The van der Waals surface area contributed by atoms with E-state index in [1.54, 1.807) is 11.3 Å². The van der Waals surface area contributed by atoms with Crippen LogP contribution >= 0.6 is 27.3 Å². The molecule has 0 atom stereocenters. The maximum atomic E-state index is 5.96. The molecule has 0 amide bonds. The third-order valence-electron chi connectivity index (χ3n) is 2.70. The molecule has 0 unspecified atom stereocenters. The average molecular weight is 323 g/mol. The molecule has 6 heteroatoms. The summed E-state index contributed by atoms with van der Waals surface area (Å²) in [4.78, 5) is 10.1. The van der Waals surface area contributed by atoms with Crippen molar-refractivity contribution in [3.8, 4) is 0 Å². The van der Waals surface area contributed by atoms with Crippen LogP contribution in [-0.4, -0.2) is 14.5 Å². The Labute approximate surface area is 117 Å². The largest absolute Gasteiger partial charge is 0.369 e. The lowest BCUT2D eigenvalue weighted by molar-refractivity contribution is 0.839. The molecule has 3 aromatic rings. The predicted octanol–water partition coefficient (Wildman–Crippen LogP) is 3.19. The van der Waals surface area contributed by atoms with Gasteiger partial charge in [0.2, 0.25) is 5.95 Å². The molecule has 0 bridgehead atoms. The van der Waals surface area contributed by atoms with Gasteiger partial charge in [0, 0.05) is 20.4 Å². The number of imidazole rings is 1. The molecular weight excluding hydrogens is 312 g/mol. The molecule has 0 aromatic carbocycles. The highest BCUT2D eigenvalue weighted by Crippen LogP contribution is 2.23. The quantitative estimate of drug-likeness (QED) is 0.788. The van der Waals surface area contributed by atoms with Gasteiger partial charge in [-0.3, -0.25) is 4.57 Å². The Morgan fingerprint density at radius 2 is 2.22 bits per heavy atom. The number of aromatic nitrogens is 3. The number of fused-ring (bicyclic) bond motifs is 1. The minimum atomic E-state index is 0.507. The SMILES string of the molecule is Cc1ccc2nc(N)n(Cc3cc(Br)cs3)c2n1. The van der Waals surface area contributed by atoms with Crippen molar-refractivity contribution in [1.82, 2.24) is 14.5 Å². The van der Waals surface area contributed by atoms with Crippen LogP contribution in [-0.2, 0) is 6.54 Å². The minimum Gasteiger partial charge on any atom is -0.369 e. The highest BCUT2D eigenvalue weighted by Gasteiger charge is 2.10. The van der Waals surface area contributed by atoms with Crippen molar-refractivity contribution in [1.29, 1.82) is 0 Å². The molecule has 0 aliphatic rings. The summed E-state index contributed by atoms with van der Waals surface area (Å²) >= 11 is 5.15. The molecule has 0 fully saturated rings. The van der Waals surface area contributed by atoms with Crippen molar-refractivity contribution in [2.75, 3.05) is 5.73 Å². The monoisotopic (exact) mass is 322 g/mol. The summed E-state index contributed by atoms with van der Waals surface area (Å²) in [5.41, 5.74) is 8.62. The topological polar surface area (TPSA) is 56.7 Å². The standard InChI is InChI=1S/C12H11BrN4S/c1-7-2-3-10-11(15-7)17(12(14)16-10)5-9-4-8(13)6-18-9/h2-4,6H,5H2,1H3,(H2,14,16). The van der Waals surface area contributed by atoms with Gasteiger partial charge >= 0.3 is 0 Å². The van der Waals surface area contributed by atoms with Gasteiger partial charge in [-0.15, -0.1) is 11.3 Å². The maximum Gasteiger partial charge on any atom is 0.202 e. The van der Waals surface area contributed by atoms with Crippen LogP contribution in [0.2, 0.25) is 0 Å². The molecule has 0 spiro atoms. The van der Waals surface area contributed by atoms with Crippen molar-refractivity contribution in [2.24, 2.45) is 0 Å². The zero-order chi connectivity index (χ0) is 12.7. The first-order valence-electron chi connectivity index (χ1n) is 5.46. The van der Waals surface area contributed by atoms with Crippen LogP contribution in [0, 0.1) is 6.92 Å². The number of hydrogen-bond acceptors (Lipinski definition) is 4. The zero-order valence-electron chi connectivity index (χ0n) is 9.72. The van der Waals surface area contributed by atoms with E-state index in [9.17, 15) is 0 Å². The molecule has 0 radical (unpaired) electrons. The fourth-order valence-corrected chi connectivity index (χ4v) is 3.30. The summed E-state index contributed by atoms with van der Waals surface area (Å²) < 4.78 is 3.04. The number of nitrogens with zero attached hydrogens (tertiary/aromatic N) is 3. The Hall–Kier alpha value is -1.40. The van der Waals surface area contributed by atoms with Gasteiger partial charge in [-0.1, -0.05) is 0 Å². The Morgan fingerprint density at radius 1 is 1.39 bits per heavy atom. The van der Waals surface area contributed by atoms with E-state index in [1.165, 1.54) is 4.88 Å². The third kappa shape index (κ3) is 2.02. The van der Waals surface area contributed by atoms with E-state index >= 15 is 0 Å². The lowest BCUT2D eigenvalue weighted by Gasteiger charge is -2.03. The third-order valence-corrected chi connectivity index (χ3v) is 4.38. The highest BCUT2D eigenvalue weighted by molar-refractivity contribution is 9.10. The summed E-state index contributed by atoms with van der Waals surface area (Å²) in [6.45, 7) is 2.67. The van der Waals surface area contributed by atoms with Gasteiger partial charge in [0.15, 0.2) is 5.65 Å². The van der Waals surface area contributed by atoms with Gasteiger partial charge in [0.05, 0.1) is 6.54 Å². The van der Waals surface area contributed by atoms with Crippen LogP contribution in [0.3, 0.4) is 0 Å². The first-order chi connectivity index (χ1) is 8.63. The predicted molar refractivity (Wildman–Crippen MR) is 77.8 cm³/mol. The second-order valence-electron chi connectivity index (χ2n) is 4.08. The van der Waals surface area contributed by atoms with Gasteiger partial charge in [-0.05, 0) is 41.1 Å². The minimum absolute atomic E-state index is 0.507. The molecule has 2 N–H and O–H groups in total. The van der Waals surface area contributed by atoms with E-state index in [4.69, 9.17) is 5.73 Å². The van der Waals surface area contributed by atoms with E-state index in [0.29, 0.717) is 12.5 Å². The van der Waals surface area contributed by atoms with Gasteiger partial charge < -0.3 is 5.73 Å². The van der Waals surface area contributed by atoms with Crippen LogP contribution in [0.1, 0.15) is 10.6 Å². The molecule has 3 heterocycles. The second kappa shape index (κ2) is 4.37. The van der Waals surface area contributed by atoms with E-state index in [-0.39, 0.29) is 0 Å². The van der Waals surface area contributed by atoms with E-state index in [1.807, 2.05) is 23.6 Å². The smallest absolute Gasteiger partial charge is 0.202 e. The second-order valence-corrected chi connectivity index (χ2v) is 5.99. The van der Waals surface area contributed by atoms with Gasteiger partial charge in [-0.2, -0.15) is 0 Å². The van der Waals surface area contributed by atoms with Crippen molar-refractivity contribution >= 4 is 44.4 Å². The molecule has 18 heavy (non-hydrogen) atoms. The summed E-state index contributed by atoms with van der Waals surface area (Å²) in [6, 6.07) is 5.99. The summed E-state index contributed by atoms with van der Waals surface area (Å²) in [5.74, 6) is 0.507. The number of anilines is 1. The molecular formula is C12H11BrN4S. The fourth-order valence-electron chi connectivity index (χ4n) is 1.86. The van der Waals surface area contributed by atoms with Crippen LogP contribution in [0.4, 0.5) is 5.95 Å². The molecule has 3 rings (SSSR count). The number of nitrogens with two attached hydrogens (primary N) is 1. The Balaban J connectivity index is 2.10. The number of pyridine rings is 1. The first-order valence-corrected chi connectivity index (χ1v) is 7.13. The van der Waals surface area contributed by atoms with Crippen molar-refractivity contribution < 1.29 is 0 Å². The van der Waals surface area contributed by atoms with Gasteiger partial charge in [0.1, 0.15) is 5.52 Å². The van der Waals surface area contributed by atoms with E-state index in [0.717, 1.165) is 21.3 Å². The van der Waals surface area contributed by atoms with E-state index < -0.39 is 0 Å². The Bertz CT molecular complexity index is 716.